The number of rotatable bonds is 0. The van der Waals surface area contributed by atoms with Crippen molar-refractivity contribution in [1.82, 2.24) is 5.32 Å². The summed E-state index contributed by atoms with van der Waals surface area (Å²) in [6, 6.07) is 0. The minimum absolute atomic E-state index is 1.00. The van der Waals surface area contributed by atoms with Crippen LogP contribution >= 0.6 is 0 Å². The van der Waals surface area contributed by atoms with Gasteiger partial charge in [-0.1, -0.05) is 6.42 Å². The van der Waals surface area contributed by atoms with Crippen LogP contribution in [0.4, 0.5) is 0 Å². The zero-order chi connectivity index (χ0) is 12.7. The molecule has 3 aliphatic heterocycles. The maximum Gasteiger partial charge on any atom is 0.0466 e. The molecule has 3 heteroatoms. The molecule has 108 valence electrons. The SMILES string of the molecule is C1CCNCC1.C1CCOCC1.C1CCOCC1. The molecule has 0 bridgehead atoms. The minimum atomic E-state index is 1.00. The van der Waals surface area contributed by atoms with Gasteiger partial charge in [0.05, 0.1) is 0 Å². The molecule has 3 rings (SSSR count). The molecule has 3 fully saturated rings. The summed E-state index contributed by atoms with van der Waals surface area (Å²) in [5.74, 6) is 0. The molecule has 3 heterocycles. The second-order valence-corrected chi connectivity index (χ2v) is 5.16. The summed E-state index contributed by atoms with van der Waals surface area (Å²) in [6.45, 7) is 6.50. The Labute approximate surface area is 113 Å². The fourth-order valence-electron chi connectivity index (χ4n) is 2.18. The highest BCUT2D eigenvalue weighted by Gasteiger charge is 1.95. The van der Waals surface area contributed by atoms with E-state index in [0.717, 1.165) is 26.4 Å². The van der Waals surface area contributed by atoms with Crippen LogP contribution in [-0.4, -0.2) is 39.5 Å². The normalized spacial score (nSPS) is 24.0. The molecule has 0 amide bonds. The van der Waals surface area contributed by atoms with Crippen molar-refractivity contribution in [2.75, 3.05) is 39.5 Å². The third-order valence-electron chi connectivity index (χ3n) is 3.36. The average Bonchev–Trinajstić information content (AvgIpc) is 2.54. The fraction of sp³-hybridized carbons (Fsp3) is 1.00. The number of hydrogen-bond donors (Lipinski definition) is 1. The summed E-state index contributed by atoms with van der Waals surface area (Å²) in [5, 5.41) is 3.28. The third kappa shape index (κ3) is 11.0. The van der Waals surface area contributed by atoms with Crippen molar-refractivity contribution in [3.63, 3.8) is 0 Å². The number of piperidine rings is 1. The molecular weight excluding hydrogens is 226 g/mol. The second-order valence-electron chi connectivity index (χ2n) is 5.16. The maximum atomic E-state index is 5.07. The first kappa shape index (κ1) is 15.9. The Morgan fingerprint density at radius 1 is 0.444 bits per heavy atom. The van der Waals surface area contributed by atoms with Gasteiger partial charge in [-0.3, -0.25) is 0 Å². The molecule has 1 N–H and O–H groups in total. The summed E-state index contributed by atoms with van der Waals surface area (Å²) in [5.41, 5.74) is 0. The summed E-state index contributed by atoms with van der Waals surface area (Å²) < 4.78 is 10.1. The van der Waals surface area contributed by atoms with Gasteiger partial charge in [0.25, 0.3) is 0 Å². The van der Waals surface area contributed by atoms with E-state index in [2.05, 4.69) is 5.32 Å². The van der Waals surface area contributed by atoms with Crippen LogP contribution in [0.2, 0.25) is 0 Å². The first-order valence-electron chi connectivity index (χ1n) is 7.86. The lowest BCUT2D eigenvalue weighted by Crippen LogP contribution is -2.21. The molecule has 0 aliphatic carbocycles. The third-order valence-corrected chi connectivity index (χ3v) is 3.36. The molecule has 0 atom stereocenters. The first-order chi connectivity index (χ1) is 9.00. The lowest BCUT2D eigenvalue weighted by atomic mass is 10.2. The Kier molecular flexibility index (Phi) is 11.8. The van der Waals surface area contributed by atoms with Crippen molar-refractivity contribution in [2.45, 2.75) is 57.8 Å². The highest BCUT2D eigenvalue weighted by molar-refractivity contribution is 4.55. The largest absolute Gasteiger partial charge is 0.381 e. The van der Waals surface area contributed by atoms with Gasteiger partial charge < -0.3 is 14.8 Å². The van der Waals surface area contributed by atoms with Crippen molar-refractivity contribution in [3.8, 4) is 0 Å². The molecule has 3 saturated heterocycles. The number of hydrogen-bond acceptors (Lipinski definition) is 3. The van der Waals surface area contributed by atoms with Crippen molar-refractivity contribution in [2.24, 2.45) is 0 Å². The van der Waals surface area contributed by atoms with Gasteiger partial charge in [0, 0.05) is 26.4 Å². The van der Waals surface area contributed by atoms with E-state index in [0.29, 0.717) is 0 Å². The van der Waals surface area contributed by atoms with Gasteiger partial charge in [0.1, 0.15) is 0 Å². The molecule has 0 aromatic rings. The van der Waals surface area contributed by atoms with Crippen LogP contribution in [0.15, 0.2) is 0 Å². The van der Waals surface area contributed by atoms with Crippen LogP contribution in [-0.2, 0) is 9.47 Å². The van der Waals surface area contributed by atoms with Gasteiger partial charge in [-0.25, -0.2) is 0 Å². The highest BCUT2D eigenvalue weighted by atomic mass is 16.5. The number of nitrogens with one attached hydrogen (secondary N) is 1. The van der Waals surface area contributed by atoms with Gasteiger partial charge in [-0.05, 0) is 64.5 Å². The van der Waals surface area contributed by atoms with E-state index in [1.54, 1.807) is 0 Å². The molecule has 0 saturated carbocycles. The molecule has 0 unspecified atom stereocenters. The van der Waals surface area contributed by atoms with E-state index in [9.17, 15) is 0 Å². The lowest BCUT2D eigenvalue weighted by Gasteiger charge is -2.08. The van der Waals surface area contributed by atoms with Crippen molar-refractivity contribution >= 4 is 0 Å². The lowest BCUT2D eigenvalue weighted by molar-refractivity contribution is 0.0967. The molecular formula is C15H31NO2. The van der Waals surface area contributed by atoms with Crippen molar-refractivity contribution in [1.29, 1.82) is 0 Å². The van der Waals surface area contributed by atoms with Gasteiger partial charge >= 0.3 is 0 Å². The maximum absolute atomic E-state index is 5.07. The van der Waals surface area contributed by atoms with Crippen LogP contribution in [0.5, 0.6) is 0 Å². The summed E-state index contributed by atoms with van der Waals surface area (Å²) in [7, 11) is 0. The van der Waals surface area contributed by atoms with Crippen LogP contribution in [0, 0.1) is 0 Å². The minimum Gasteiger partial charge on any atom is -0.381 e. The van der Waals surface area contributed by atoms with Gasteiger partial charge in [0.15, 0.2) is 0 Å². The molecule has 0 aromatic heterocycles. The molecule has 0 spiro atoms. The fourth-order valence-corrected chi connectivity index (χ4v) is 2.18. The van der Waals surface area contributed by atoms with Crippen molar-refractivity contribution < 1.29 is 9.47 Å². The van der Waals surface area contributed by atoms with E-state index in [-0.39, 0.29) is 0 Å². The van der Waals surface area contributed by atoms with Crippen LogP contribution in [0.25, 0.3) is 0 Å². The second kappa shape index (κ2) is 13.3. The highest BCUT2D eigenvalue weighted by Crippen LogP contribution is 2.02. The van der Waals surface area contributed by atoms with Crippen LogP contribution < -0.4 is 5.32 Å². The Balaban J connectivity index is 0.000000135. The van der Waals surface area contributed by atoms with Gasteiger partial charge in [0.2, 0.25) is 0 Å². The molecule has 18 heavy (non-hydrogen) atoms. The quantitative estimate of drug-likeness (QED) is 0.723. The Bertz CT molecular complexity index is 89.5. The predicted octanol–water partition coefficient (Wildman–Crippen LogP) is 3.13. The molecule has 3 aliphatic rings. The van der Waals surface area contributed by atoms with E-state index >= 15 is 0 Å². The predicted molar refractivity (Wildman–Crippen MR) is 76.1 cm³/mol. The zero-order valence-electron chi connectivity index (χ0n) is 11.9. The molecule has 0 aromatic carbocycles. The van der Waals surface area contributed by atoms with Crippen molar-refractivity contribution in [3.05, 3.63) is 0 Å². The monoisotopic (exact) mass is 257 g/mol. The van der Waals surface area contributed by atoms with E-state index < -0.39 is 0 Å². The Morgan fingerprint density at radius 2 is 0.833 bits per heavy atom. The Morgan fingerprint density at radius 3 is 0.944 bits per heavy atom. The van der Waals surface area contributed by atoms with Gasteiger partial charge in [-0.2, -0.15) is 0 Å². The topological polar surface area (TPSA) is 30.5 Å². The molecule has 3 nitrogen and oxygen atoms in total. The summed E-state index contributed by atoms with van der Waals surface area (Å²) >= 11 is 0. The van der Waals surface area contributed by atoms with E-state index in [1.165, 1.54) is 70.9 Å². The summed E-state index contributed by atoms with van der Waals surface area (Å²) in [6.07, 6.45) is 12.1. The smallest absolute Gasteiger partial charge is 0.0466 e. The summed E-state index contributed by atoms with van der Waals surface area (Å²) in [4.78, 5) is 0. The first-order valence-corrected chi connectivity index (χ1v) is 7.86. The van der Waals surface area contributed by atoms with Crippen LogP contribution in [0.3, 0.4) is 0 Å². The van der Waals surface area contributed by atoms with Gasteiger partial charge in [-0.15, -0.1) is 0 Å². The molecule has 0 radical (unpaired) electrons. The van der Waals surface area contributed by atoms with Crippen LogP contribution in [0.1, 0.15) is 57.8 Å². The Hall–Kier alpha value is -0.120. The zero-order valence-corrected chi connectivity index (χ0v) is 11.9. The van der Waals surface area contributed by atoms with E-state index in [1.807, 2.05) is 0 Å². The van der Waals surface area contributed by atoms with E-state index in [4.69, 9.17) is 9.47 Å². The number of ether oxygens (including phenoxy) is 2. The standard InChI is InChI=1S/C5H11N.2C5H10O/c3*1-2-4-6-5-3-1/h6H,1-5H2;2*1-5H2. The average molecular weight is 257 g/mol.